The highest BCUT2D eigenvalue weighted by Gasteiger charge is 2.12. The van der Waals surface area contributed by atoms with E-state index in [4.69, 9.17) is 9.47 Å². The molecular weight excluding hydrogens is 348 g/mol. The molecule has 0 aliphatic heterocycles. The van der Waals surface area contributed by atoms with E-state index in [1.165, 1.54) is 11.3 Å². The lowest BCUT2D eigenvalue weighted by molar-refractivity contribution is -0.118. The zero-order valence-corrected chi connectivity index (χ0v) is 15.7. The molecule has 3 rings (SSSR count). The van der Waals surface area contributed by atoms with Gasteiger partial charge in [-0.05, 0) is 38.1 Å². The van der Waals surface area contributed by atoms with Crippen LogP contribution in [-0.2, 0) is 4.79 Å². The molecule has 134 valence electrons. The first kappa shape index (κ1) is 17.9. The summed E-state index contributed by atoms with van der Waals surface area (Å²) < 4.78 is 10.9. The van der Waals surface area contributed by atoms with E-state index in [0.29, 0.717) is 10.9 Å². The van der Waals surface area contributed by atoms with Gasteiger partial charge in [-0.2, -0.15) is 0 Å². The van der Waals surface area contributed by atoms with Gasteiger partial charge in [0, 0.05) is 10.9 Å². The SMILES string of the molecule is COc1ccc(C)cc1-c1csc(NC(=O)COc2ccc(C)cc2)n1. The molecule has 2 aromatic carbocycles. The second-order valence-electron chi connectivity index (χ2n) is 5.89. The highest BCUT2D eigenvalue weighted by molar-refractivity contribution is 7.14. The summed E-state index contributed by atoms with van der Waals surface area (Å²) >= 11 is 1.37. The molecular formula is C20H20N2O3S. The average Bonchev–Trinajstić information content (AvgIpc) is 3.09. The smallest absolute Gasteiger partial charge is 0.264 e. The fraction of sp³-hybridized carbons (Fsp3) is 0.200. The molecule has 26 heavy (non-hydrogen) atoms. The third-order valence-electron chi connectivity index (χ3n) is 3.77. The van der Waals surface area contributed by atoms with Crippen molar-refractivity contribution in [3.05, 3.63) is 59.0 Å². The van der Waals surface area contributed by atoms with Gasteiger partial charge in [-0.25, -0.2) is 4.98 Å². The summed E-state index contributed by atoms with van der Waals surface area (Å²) in [5, 5.41) is 5.19. The van der Waals surface area contributed by atoms with Crippen molar-refractivity contribution in [1.29, 1.82) is 0 Å². The number of thiazole rings is 1. The van der Waals surface area contributed by atoms with Gasteiger partial charge in [0.25, 0.3) is 5.91 Å². The molecule has 5 nitrogen and oxygen atoms in total. The monoisotopic (exact) mass is 368 g/mol. The number of nitrogens with one attached hydrogen (secondary N) is 1. The van der Waals surface area contributed by atoms with Crippen LogP contribution in [0.4, 0.5) is 5.13 Å². The van der Waals surface area contributed by atoms with Crippen molar-refractivity contribution in [2.24, 2.45) is 0 Å². The molecule has 0 bridgehead atoms. The van der Waals surface area contributed by atoms with Crippen molar-refractivity contribution < 1.29 is 14.3 Å². The van der Waals surface area contributed by atoms with Gasteiger partial charge < -0.3 is 9.47 Å². The number of nitrogens with zero attached hydrogens (tertiary/aromatic N) is 1. The number of hydrogen-bond acceptors (Lipinski definition) is 5. The van der Waals surface area contributed by atoms with Crippen molar-refractivity contribution in [2.75, 3.05) is 19.0 Å². The lowest BCUT2D eigenvalue weighted by atomic mass is 10.1. The van der Waals surface area contributed by atoms with Crippen LogP contribution in [-0.4, -0.2) is 24.6 Å². The maximum atomic E-state index is 12.1. The van der Waals surface area contributed by atoms with Gasteiger partial charge in [-0.3, -0.25) is 10.1 Å². The zero-order valence-electron chi connectivity index (χ0n) is 14.9. The fourth-order valence-electron chi connectivity index (χ4n) is 2.42. The predicted octanol–water partition coefficient (Wildman–Crippen LogP) is 4.45. The van der Waals surface area contributed by atoms with E-state index in [1.54, 1.807) is 7.11 Å². The van der Waals surface area contributed by atoms with Gasteiger partial charge in [-0.1, -0.05) is 29.3 Å². The van der Waals surface area contributed by atoms with Crippen LogP contribution in [0.15, 0.2) is 47.8 Å². The van der Waals surface area contributed by atoms with Gasteiger partial charge >= 0.3 is 0 Å². The van der Waals surface area contributed by atoms with Crippen LogP contribution in [0, 0.1) is 13.8 Å². The number of ether oxygens (including phenoxy) is 2. The minimum Gasteiger partial charge on any atom is -0.496 e. The Morgan fingerprint density at radius 1 is 1.12 bits per heavy atom. The lowest BCUT2D eigenvalue weighted by Gasteiger charge is -2.07. The highest BCUT2D eigenvalue weighted by Crippen LogP contribution is 2.32. The Balaban J connectivity index is 1.64. The minimum atomic E-state index is -0.248. The predicted molar refractivity (Wildman–Crippen MR) is 104 cm³/mol. The van der Waals surface area contributed by atoms with Crippen LogP contribution in [0.3, 0.4) is 0 Å². The summed E-state index contributed by atoms with van der Waals surface area (Å²) in [5.74, 6) is 1.17. The molecule has 0 aliphatic carbocycles. The Bertz CT molecular complexity index is 904. The Morgan fingerprint density at radius 2 is 1.85 bits per heavy atom. The Kier molecular flexibility index (Phi) is 5.53. The number of methoxy groups -OCH3 is 1. The molecule has 1 N–H and O–H groups in total. The van der Waals surface area contributed by atoms with Crippen LogP contribution in [0.2, 0.25) is 0 Å². The molecule has 0 aliphatic rings. The van der Waals surface area contributed by atoms with Crippen molar-refractivity contribution in [3.8, 4) is 22.8 Å². The summed E-state index contributed by atoms with van der Waals surface area (Å²) in [7, 11) is 1.63. The van der Waals surface area contributed by atoms with E-state index in [0.717, 1.165) is 28.1 Å². The van der Waals surface area contributed by atoms with E-state index in [9.17, 15) is 4.79 Å². The third-order valence-corrected chi connectivity index (χ3v) is 4.53. The van der Waals surface area contributed by atoms with Crippen molar-refractivity contribution >= 4 is 22.4 Å². The standard InChI is InChI=1S/C20H20N2O3S/c1-13-4-7-15(8-5-13)25-11-19(23)22-20-21-17(12-26-20)16-10-14(2)6-9-18(16)24-3/h4-10,12H,11H2,1-3H3,(H,21,22,23). The first-order chi connectivity index (χ1) is 12.5. The average molecular weight is 368 g/mol. The summed E-state index contributed by atoms with van der Waals surface area (Å²) in [6.07, 6.45) is 0. The van der Waals surface area contributed by atoms with Crippen LogP contribution in [0.1, 0.15) is 11.1 Å². The Labute approximate surface area is 156 Å². The van der Waals surface area contributed by atoms with Crippen LogP contribution < -0.4 is 14.8 Å². The second kappa shape index (κ2) is 8.01. The number of aromatic nitrogens is 1. The molecule has 1 amide bonds. The first-order valence-corrected chi connectivity index (χ1v) is 9.03. The topological polar surface area (TPSA) is 60.5 Å². The van der Waals surface area contributed by atoms with Gasteiger partial charge in [-0.15, -0.1) is 11.3 Å². The normalized spacial score (nSPS) is 10.4. The van der Waals surface area contributed by atoms with Gasteiger partial charge in [0.15, 0.2) is 11.7 Å². The van der Waals surface area contributed by atoms with Crippen LogP contribution in [0.5, 0.6) is 11.5 Å². The first-order valence-electron chi connectivity index (χ1n) is 8.15. The van der Waals surface area contributed by atoms with E-state index in [-0.39, 0.29) is 12.5 Å². The van der Waals surface area contributed by atoms with E-state index >= 15 is 0 Å². The van der Waals surface area contributed by atoms with Gasteiger partial charge in [0.05, 0.1) is 12.8 Å². The number of carbonyl (C=O) groups is 1. The molecule has 1 heterocycles. The molecule has 1 aromatic heterocycles. The maximum absolute atomic E-state index is 12.1. The van der Waals surface area contributed by atoms with Crippen molar-refractivity contribution in [2.45, 2.75) is 13.8 Å². The number of anilines is 1. The summed E-state index contributed by atoms with van der Waals surface area (Å²) in [4.78, 5) is 16.6. The maximum Gasteiger partial charge on any atom is 0.264 e. The van der Waals surface area contributed by atoms with Crippen molar-refractivity contribution in [3.63, 3.8) is 0 Å². The van der Waals surface area contributed by atoms with Crippen molar-refractivity contribution in [1.82, 2.24) is 4.98 Å². The molecule has 0 spiro atoms. The second-order valence-corrected chi connectivity index (χ2v) is 6.75. The number of rotatable bonds is 6. The Hall–Kier alpha value is -2.86. The van der Waals surface area contributed by atoms with Crippen LogP contribution in [0.25, 0.3) is 11.3 Å². The minimum absolute atomic E-state index is 0.0637. The number of hydrogen-bond donors (Lipinski definition) is 1. The molecule has 0 unspecified atom stereocenters. The van der Waals surface area contributed by atoms with E-state index in [1.807, 2.05) is 61.7 Å². The summed E-state index contributed by atoms with van der Waals surface area (Å²) in [6, 6.07) is 13.5. The Morgan fingerprint density at radius 3 is 2.58 bits per heavy atom. The number of benzene rings is 2. The fourth-order valence-corrected chi connectivity index (χ4v) is 3.14. The summed E-state index contributed by atoms with van der Waals surface area (Å²) in [5.41, 5.74) is 3.93. The zero-order chi connectivity index (χ0) is 18.5. The van der Waals surface area contributed by atoms with Crippen LogP contribution >= 0.6 is 11.3 Å². The molecule has 0 saturated carbocycles. The molecule has 0 saturated heterocycles. The number of carbonyl (C=O) groups excluding carboxylic acids is 1. The molecule has 3 aromatic rings. The quantitative estimate of drug-likeness (QED) is 0.698. The highest BCUT2D eigenvalue weighted by atomic mass is 32.1. The largest absolute Gasteiger partial charge is 0.496 e. The van der Waals surface area contributed by atoms with E-state index < -0.39 is 0 Å². The van der Waals surface area contributed by atoms with Gasteiger partial charge in [0.1, 0.15) is 11.5 Å². The molecule has 0 fully saturated rings. The molecule has 6 heteroatoms. The lowest BCUT2D eigenvalue weighted by Crippen LogP contribution is -2.20. The molecule has 0 atom stereocenters. The van der Waals surface area contributed by atoms with Gasteiger partial charge in [0.2, 0.25) is 0 Å². The third kappa shape index (κ3) is 4.40. The molecule has 0 radical (unpaired) electrons. The number of amides is 1. The van der Waals surface area contributed by atoms with E-state index in [2.05, 4.69) is 10.3 Å². The number of aryl methyl sites for hydroxylation is 2. The summed E-state index contributed by atoms with van der Waals surface area (Å²) in [6.45, 7) is 3.95.